The summed E-state index contributed by atoms with van der Waals surface area (Å²) in [5, 5.41) is 0.496. The van der Waals surface area contributed by atoms with Gasteiger partial charge in [-0.15, -0.1) is 0 Å². The van der Waals surface area contributed by atoms with Crippen molar-refractivity contribution in [1.29, 1.82) is 0 Å². The third-order valence-corrected chi connectivity index (χ3v) is 2.35. The van der Waals surface area contributed by atoms with Crippen LogP contribution in [-0.2, 0) is 0 Å². The lowest BCUT2D eigenvalue weighted by molar-refractivity contribution is 1.01. The van der Waals surface area contributed by atoms with Gasteiger partial charge in [0.05, 0.1) is 0 Å². The van der Waals surface area contributed by atoms with E-state index in [4.69, 9.17) is 17.3 Å². The molecule has 2 nitrogen and oxygen atoms in total. The van der Waals surface area contributed by atoms with Crippen molar-refractivity contribution in [2.45, 2.75) is 6.42 Å². The van der Waals surface area contributed by atoms with Crippen molar-refractivity contribution in [2.75, 3.05) is 6.54 Å². The predicted molar refractivity (Wildman–Crippen MR) is 59.7 cm³/mol. The molecule has 1 aromatic heterocycles. The summed E-state index contributed by atoms with van der Waals surface area (Å²) < 4.78 is 0.935. The first-order chi connectivity index (χ1) is 6.24. The largest absolute Gasteiger partial charge is 0.330 e. The van der Waals surface area contributed by atoms with E-state index in [0.29, 0.717) is 11.7 Å². The van der Waals surface area contributed by atoms with Crippen molar-refractivity contribution >= 4 is 33.6 Å². The minimum absolute atomic E-state index is 0.496. The topological polar surface area (TPSA) is 38.9 Å². The summed E-state index contributed by atoms with van der Waals surface area (Å²) in [5.74, 6) is 0. The molecule has 0 saturated carbocycles. The van der Waals surface area contributed by atoms with Crippen LogP contribution in [0, 0.1) is 0 Å². The van der Waals surface area contributed by atoms with E-state index in [-0.39, 0.29) is 0 Å². The van der Waals surface area contributed by atoms with E-state index in [1.165, 1.54) is 0 Å². The lowest BCUT2D eigenvalue weighted by Crippen LogP contribution is -1.95. The number of hydrogen-bond acceptors (Lipinski definition) is 2. The Balaban J connectivity index is 2.81. The molecule has 0 amide bonds. The first kappa shape index (κ1) is 10.7. The van der Waals surface area contributed by atoms with Gasteiger partial charge in [-0.2, -0.15) is 0 Å². The molecule has 0 saturated heterocycles. The average molecular weight is 262 g/mol. The van der Waals surface area contributed by atoms with Crippen LogP contribution < -0.4 is 5.73 Å². The fourth-order valence-corrected chi connectivity index (χ4v) is 1.38. The SMILES string of the molecule is NCCC=Cc1cc(Cl)ncc1Br. The summed E-state index contributed by atoms with van der Waals surface area (Å²) in [5.41, 5.74) is 6.38. The molecule has 4 heteroatoms. The summed E-state index contributed by atoms with van der Waals surface area (Å²) in [7, 11) is 0. The maximum Gasteiger partial charge on any atom is 0.129 e. The molecule has 0 fully saturated rings. The molecule has 0 spiro atoms. The maximum absolute atomic E-state index is 5.74. The number of rotatable bonds is 3. The molecular formula is C9H10BrClN2. The van der Waals surface area contributed by atoms with E-state index in [0.717, 1.165) is 16.5 Å². The highest BCUT2D eigenvalue weighted by atomic mass is 79.9. The first-order valence-corrected chi connectivity index (χ1v) is 5.09. The average Bonchev–Trinajstić information content (AvgIpc) is 2.11. The Morgan fingerprint density at radius 2 is 2.38 bits per heavy atom. The highest BCUT2D eigenvalue weighted by molar-refractivity contribution is 9.10. The lowest BCUT2D eigenvalue weighted by Gasteiger charge is -1.97. The molecular weight excluding hydrogens is 251 g/mol. The van der Waals surface area contributed by atoms with E-state index in [2.05, 4.69) is 20.9 Å². The summed E-state index contributed by atoms with van der Waals surface area (Å²) in [6.07, 6.45) is 6.54. The van der Waals surface area contributed by atoms with Crippen molar-refractivity contribution in [3.63, 3.8) is 0 Å². The Hall–Kier alpha value is -0.380. The van der Waals surface area contributed by atoms with E-state index in [9.17, 15) is 0 Å². The molecule has 0 aliphatic heterocycles. The zero-order valence-corrected chi connectivity index (χ0v) is 9.35. The maximum atomic E-state index is 5.74. The van der Waals surface area contributed by atoms with Crippen molar-refractivity contribution in [2.24, 2.45) is 5.73 Å². The van der Waals surface area contributed by atoms with Gasteiger partial charge in [-0.3, -0.25) is 0 Å². The molecule has 0 atom stereocenters. The van der Waals surface area contributed by atoms with Gasteiger partial charge in [0.1, 0.15) is 5.15 Å². The van der Waals surface area contributed by atoms with E-state index >= 15 is 0 Å². The van der Waals surface area contributed by atoms with Crippen LogP contribution in [-0.4, -0.2) is 11.5 Å². The summed E-state index contributed by atoms with van der Waals surface area (Å²) in [4.78, 5) is 3.93. The number of hydrogen-bond donors (Lipinski definition) is 1. The second-order valence-corrected chi connectivity index (χ2v) is 3.75. The van der Waals surface area contributed by atoms with Gasteiger partial charge in [-0.25, -0.2) is 4.98 Å². The Morgan fingerprint density at radius 1 is 1.62 bits per heavy atom. The van der Waals surface area contributed by atoms with Crippen LogP contribution in [0.25, 0.3) is 6.08 Å². The first-order valence-electron chi connectivity index (χ1n) is 3.91. The van der Waals surface area contributed by atoms with Crippen LogP contribution >= 0.6 is 27.5 Å². The normalized spacial score (nSPS) is 11.0. The number of aromatic nitrogens is 1. The van der Waals surface area contributed by atoms with Crippen LogP contribution in [0.3, 0.4) is 0 Å². The molecule has 0 bridgehead atoms. The Bertz CT molecular complexity index is 312. The molecule has 0 radical (unpaired) electrons. The predicted octanol–water partition coefficient (Wildman–Crippen LogP) is 2.86. The third kappa shape index (κ3) is 3.46. The number of nitrogens with two attached hydrogens (primary N) is 1. The highest BCUT2D eigenvalue weighted by Crippen LogP contribution is 2.19. The summed E-state index contributed by atoms with van der Waals surface area (Å²) in [6.45, 7) is 0.660. The quantitative estimate of drug-likeness (QED) is 0.850. The van der Waals surface area contributed by atoms with Crippen molar-refractivity contribution in [3.8, 4) is 0 Å². The molecule has 13 heavy (non-hydrogen) atoms. The van der Waals surface area contributed by atoms with Crippen LogP contribution in [0.2, 0.25) is 5.15 Å². The zero-order valence-electron chi connectivity index (χ0n) is 7.00. The monoisotopic (exact) mass is 260 g/mol. The number of nitrogens with zero attached hydrogens (tertiary/aromatic N) is 1. The standard InChI is InChI=1S/C9H10BrClN2/c10-8-6-13-9(11)5-7(8)3-1-2-4-12/h1,3,5-6H,2,4,12H2. The van der Waals surface area contributed by atoms with Crippen molar-refractivity contribution in [3.05, 3.63) is 33.5 Å². The molecule has 1 rings (SSSR count). The smallest absolute Gasteiger partial charge is 0.129 e. The summed E-state index contributed by atoms with van der Waals surface area (Å²) >= 11 is 9.12. The van der Waals surface area contributed by atoms with E-state index < -0.39 is 0 Å². The molecule has 1 aromatic rings. The molecule has 0 aromatic carbocycles. The molecule has 0 aliphatic rings. The Kier molecular flexibility index (Phi) is 4.42. The summed E-state index contributed by atoms with van der Waals surface area (Å²) in [6, 6.07) is 1.80. The van der Waals surface area contributed by atoms with E-state index in [1.54, 1.807) is 12.3 Å². The van der Waals surface area contributed by atoms with Gasteiger partial charge >= 0.3 is 0 Å². The van der Waals surface area contributed by atoms with Gasteiger partial charge < -0.3 is 5.73 Å². The zero-order chi connectivity index (χ0) is 9.68. The fourth-order valence-electron chi connectivity index (χ4n) is 0.862. The molecule has 70 valence electrons. The van der Waals surface area contributed by atoms with Crippen LogP contribution in [0.4, 0.5) is 0 Å². The second-order valence-electron chi connectivity index (χ2n) is 2.51. The van der Waals surface area contributed by atoms with Crippen molar-refractivity contribution in [1.82, 2.24) is 4.98 Å². The molecule has 1 heterocycles. The van der Waals surface area contributed by atoms with Crippen molar-refractivity contribution < 1.29 is 0 Å². The van der Waals surface area contributed by atoms with Gasteiger partial charge in [0, 0.05) is 10.7 Å². The third-order valence-electron chi connectivity index (χ3n) is 1.48. The van der Waals surface area contributed by atoms with E-state index in [1.807, 2.05) is 12.2 Å². The van der Waals surface area contributed by atoms with Gasteiger partial charge in [-0.05, 0) is 40.5 Å². The lowest BCUT2D eigenvalue weighted by atomic mass is 10.2. The minimum Gasteiger partial charge on any atom is -0.330 e. The van der Waals surface area contributed by atoms with Gasteiger partial charge in [0.25, 0.3) is 0 Å². The second kappa shape index (κ2) is 5.37. The Morgan fingerprint density at radius 3 is 3.08 bits per heavy atom. The molecule has 0 unspecified atom stereocenters. The van der Waals surface area contributed by atoms with Gasteiger partial charge in [0.2, 0.25) is 0 Å². The van der Waals surface area contributed by atoms with Gasteiger partial charge in [0.15, 0.2) is 0 Å². The number of halogens is 2. The van der Waals surface area contributed by atoms with Gasteiger partial charge in [-0.1, -0.05) is 23.8 Å². The minimum atomic E-state index is 0.496. The van der Waals surface area contributed by atoms with Crippen LogP contribution in [0.1, 0.15) is 12.0 Å². The molecule has 2 N–H and O–H groups in total. The highest BCUT2D eigenvalue weighted by Gasteiger charge is 1.97. The van der Waals surface area contributed by atoms with Crippen LogP contribution in [0.5, 0.6) is 0 Å². The Labute approximate surface area is 90.9 Å². The molecule has 0 aliphatic carbocycles. The number of pyridine rings is 1. The van der Waals surface area contributed by atoms with Crippen LogP contribution in [0.15, 0.2) is 22.8 Å². The fraction of sp³-hybridized carbons (Fsp3) is 0.222.